The number of nitrogens with two attached hydrogens (primary N) is 1. The van der Waals surface area contributed by atoms with Gasteiger partial charge in [0.25, 0.3) is 0 Å². The predicted molar refractivity (Wildman–Crippen MR) is 72.1 cm³/mol. The molecule has 100 valence electrons. The van der Waals surface area contributed by atoms with Crippen LogP contribution in [0.1, 0.15) is 37.5 Å². The van der Waals surface area contributed by atoms with Crippen molar-refractivity contribution in [3.8, 4) is 11.4 Å². The summed E-state index contributed by atoms with van der Waals surface area (Å²) < 4.78 is 15.4. The van der Waals surface area contributed by atoms with E-state index in [1.807, 2.05) is 6.92 Å². The van der Waals surface area contributed by atoms with Crippen LogP contribution in [0.2, 0.25) is 0 Å². The first-order valence-corrected chi connectivity index (χ1v) is 6.63. The molecule has 5 heteroatoms. The normalized spacial score (nSPS) is 16.1. The first-order valence-electron chi connectivity index (χ1n) is 6.63. The Bertz CT molecular complexity index is 599. The Hall–Kier alpha value is -1.91. The van der Waals surface area contributed by atoms with Crippen molar-refractivity contribution in [2.45, 2.75) is 38.6 Å². The van der Waals surface area contributed by atoms with E-state index in [1.165, 1.54) is 18.9 Å². The number of rotatable bonds is 2. The van der Waals surface area contributed by atoms with E-state index >= 15 is 0 Å². The van der Waals surface area contributed by atoms with E-state index in [9.17, 15) is 4.39 Å². The number of anilines is 1. The van der Waals surface area contributed by atoms with Gasteiger partial charge in [-0.15, -0.1) is 10.2 Å². The first-order chi connectivity index (χ1) is 9.16. The van der Waals surface area contributed by atoms with Gasteiger partial charge in [0, 0.05) is 11.6 Å². The van der Waals surface area contributed by atoms with Gasteiger partial charge in [-0.2, -0.15) is 0 Å². The van der Waals surface area contributed by atoms with Gasteiger partial charge in [-0.3, -0.25) is 0 Å². The standard InChI is InChI=1S/C14H17FN4/c1-9-17-18-14(19(9)11-4-2-3-5-11)10-6-7-12(15)13(16)8-10/h6-8,11H,2-5,16H2,1H3. The fraction of sp³-hybridized carbons (Fsp3) is 0.429. The summed E-state index contributed by atoms with van der Waals surface area (Å²) >= 11 is 0. The summed E-state index contributed by atoms with van der Waals surface area (Å²) in [5, 5.41) is 8.40. The first kappa shape index (κ1) is 12.1. The summed E-state index contributed by atoms with van der Waals surface area (Å²) in [7, 11) is 0. The quantitative estimate of drug-likeness (QED) is 0.844. The van der Waals surface area contributed by atoms with E-state index in [-0.39, 0.29) is 5.69 Å². The highest BCUT2D eigenvalue weighted by Crippen LogP contribution is 2.34. The molecular formula is C14H17FN4. The van der Waals surface area contributed by atoms with E-state index in [2.05, 4.69) is 14.8 Å². The molecule has 4 nitrogen and oxygen atoms in total. The molecule has 0 spiro atoms. The molecule has 2 aromatic rings. The summed E-state index contributed by atoms with van der Waals surface area (Å²) in [6.45, 7) is 1.96. The molecule has 0 atom stereocenters. The number of nitrogens with zero attached hydrogens (tertiary/aromatic N) is 3. The summed E-state index contributed by atoms with van der Waals surface area (Å²) in [4.78, 5) is 0. The molecule has 1 aliphatic rings. The number of aryl methyl sites for hydroxylation is 1. The fourth-order valence-corrected chi connectivity index (χ4v) is 2.85. The molecule has 2 N–H and O–H groups in total. The number of aromatic nitrogens is 3. The van der Waals surface area contributed by atoms with Gasteiger partial charge in [-0.1, -0.05) is 12.8 Å². The molecule has 0 bridgehead atoms. The molecule has 0 amide bonds. The van der Waals surface area contributed by atoms with E-state index in [4.69, 9.17) is 5.73 Å². The van der Waals surface area contributed by atoms with Crippen LogP contribution in [0.15, 0.2) is 18.2 Å². The minimum absolute atomic E-state index is 0.149. The molecule has 1 aromatic carbocycles. The Kier molecular flexibility index (Phi) is 2.97. The van der Waals surface area contributed by atoms with Crippen LogP contribution in [0.3, 0.4) is 0 Å². The van der Waals surface area contributed by atoms with Crippen LogP contribution in [0.25, 0.3) is 11.4 Å². The third-order valence-corrected chi connectivity index (χ3v) is 3.81. The van der Waals surface area contributed by atoms with Crippen molar-refractivity contribution < 1.29 is 4.39 Å². The van der Waals surface area contributed by atoms with Crippen molar-refractivity contribution in [2.24, 2.45) is 0 Å². The van der Waals surface area contributed by atoms with Crippen LogP contribution < -0.4 is 5.73 Å². The third-order valence-electron chi connectivity index (χ3n) is 3.81. The Morgan fingerprint density at radius 3 is 2.68 bits per heavy atom. The monoisotopic (exact) mass is 260 g/mol. The zero-order valence-electron chi connectivity index (χ0n) is 10.9. The summed E-state index contributed by atoms with van der Waals surface area (Å²) in [5.74, 6) is 1.30. The molecule has 1 heterocycles. The van der Waals surface area contributed by atoms with Crippen LogP contribution in [-0.2, 0) is 0 Å². The van der Waals surface area contributed by atoms with E-state index < -0.39 is 5.82 Å². The maximum atomic E-state index is 13.3. The highest BCUT2D eigenvalue weighted by Gasteiger charge is 2.23. The Morgan fingerprint density at radius 2 is 2.00 bits per heavy atom. The Balaban J connectivity index is 2.07. The molecule has 0 saturated heterocycles. The van der Waals surface area contributed by atoms with Gasteiger partial charge in [-0.25, -0.2) is 4.39 Å². The van der Waals surface area contributed by atoms with Crippen LogP contribution in [0.5, 0.6) is 0 Å². The van der Waals surface area contributed by atoms with E-state index in [0.717, 1.165) is 30.1 Å². The van der Waals surface area contributed by atoms with Gasteiger partial charge in [0.15, 0.2) is 5.82 Å². The minimum atomic E-state index is -0.396. The average molecular weight is 260 g/mol. The van der Waals surface area contributed by atoms with Crippen LogP contribution in [0, 0.1) is 12.7 Å². The molecule has 1 aliphatic carbocycles. The number of halogens is 1. The molecule has 0 radical (unpaired) electrons. The van der Waals surface area contributed by atoms with Gasteiger partial charge in [-0.05, 0) is 38.0 Å². The molecule has 0 unspecified atom stereocenters. The maximum absolute atomic E-state index is 13.3. The van der Waals surface area contributed by atoms with Gasteiger partial charge >= 0.3 is 0 Å². The van der Waals surface area contributed by atoms with E-state index in [1.54, 1.807) is 12.1 Å². The van der Waals surface area contributed by atoms with Crippen LogP contribution in [-0.4, -0.2) is 14.8 Å². The zero-order valence-corrected chi connectivity index (χ0v) is 10.9. The van der Waals surface area contributed by atoms with Crippen molar-refractivity contribution in [3.05, 3.63) is 29.8 Å². The molecule has 1 aromatic heterocycles. The van der Waals surface area contributed by atoms with E-state index in [0.29, 0.717) is 6.04 Å². The molecule has 19 heavy (non-hydrogen) atoms. The lowest BCUT2D eigenvalue weighted by atomic mass is 10.1. The number of benzene rings is 1. The SMILES string of the molecule is Cc1nnc(-c2ccc(F)c(N)c2)n1C1CCCC1. The molecule has 3 rings (SSSR count). The van der Waals surface area contributed by atoms with Crippen LogP contribution >= 0.6 is 0 Å². The van der Waals surface area contributed by atoms with Gasteiger partial charge in [0.05, 0.1) is 5.69 Å². The molecule has 1 fully saturated rings. The topological polar surface area (TPSA) is 56.7 Å². The lowest BCUT2D eigenvalue weighted by Crippen LogP contribution is -2.09. The lowest BCUT2D eigenvalue weighted by molar-refractivity contribution is 0.510. The van der Waals surface area contributed by atoms with Crippen molar-refractivity contribution in [2.75, 3.05) is 5.73 Å². The van der Waals surface area contributed by atoms with Crippen molar-refractivity contribution in [1.29, 1.82) is 0 Å². The summed E-state index contributed by atoms with van der Waals surface area (Å²) in [6.07, 6.45) is 4.80. The Morgan fingerprint density at radius 1 is 1.26 bits per heavy atom. The second-order valence-corrected chi connectivity index (χ2v) is 5.12. The van der Waals surface area contributed by atoms with Crippen LogP contribution in [0.4, 0.5) is 10.1 Å². The maximum Gasteiger partial charge on any atom is 0.164 e. The second kappa shape index (κ2) is 4.64. The van der Waals surface area contributed by atoms with Crippen molar-refractivity contribution in [3.63, 3.8) is 0 Å². The van der Waals surface area contributed by atoms with Gasteiger partial charge < -0.3 is 10.3 Å². The molecular weight excluding hydrogens is 243 g/mol. The zero-order chi connectivity index (χ0) is 13.4. The number of hydrogen-bond acceptors (Lipinski definition) is 3. The van der Waals surface area contributed by atoms with Gasteiger partial charge in [0.2, 0.25) is 0 Å². The fourth-order valence-electron chi connectivity index (χ4n) is 2.85. The second-order valence-electron chi connectivity index (χ2n) is 5.12. The Labute approximate surface area is 111 Å². The predicted octanol–water partition coefficient (Wildman–Crippen LogP) is 3.09. The number of nitrogen functional groups attached to an aromatic ring is 1. The lowest BCUT2D eigenvalue weighted by Gasteiger charge is -2.16. The largest absolute Gasteiger partial charge is 0.396 e. The third kappa shape index (κ3) is 2.09. The van der Waals surface area contributed by atoms with Crippen molar-refractivity contribution >= 4 is 5.69 Å². The smallest absolute Gasteiger partial charge is 0.164 e. The highest BCUT2D eigenvalue weighted by atomic mass is 19.1. The molecule has 0 aliphatic heterocycles. The summed E-state index contributed by atoms with van der Waals surface area (Å²) in [6, 6.07) is 5.18. The summed E-state index contributed by atoms with van der Waals surface area (Å²) in [5.41, 5.74) is 6.61. The highest BCUT2D eigenvalue weighted by molar-refractivity contribution is 5.62. The van der Waals surface area contributed by atoms with Crippen molar-refractivity contribution in [1.82, 2.24) is 14.8 Å². The molecule has 1 saturated carbocycles. The van der Waals surface area contributed by atoms with Gasteiger partial charge in [0.1, 0.15) is 11.6 Å². The average Bonchev–Trinajstić information content (AvgIpc) is 3.01. The number of hydrogen-bond donors (Lipinski definition) is 1. The minimum Gasteiger partial charge on any atom is -0.396 e.